The highest BCUT2D eigenvalue weighted by Gasteiger charge is 1.98. The van der Waals surface area contributed by atoms with Crippen LogP contribution in [0.15, 0.2) is 18.5 Å². The van der Waals surface area contributed by atoms with Gasteiger partial charge in [0.1, 0.15) is 0 Å². The van der Waals surface area contributed by atoms with Crippen molar-refractivity contribution in [3.05, 3.63) is 34.0 Å². The van der Waals surface area contributed by atoms with Crippen molar-refractivity contribution in [3.8, 4) is 0 Å². The van der Waals surface area contributed by atoms with Crippen LogP contribution in [0.4, 0.5) is 0 Å². The van der Waals surface area contributed by atoms with Gasteiger partial charge in [0, 0.05) is 36.1 Å². The quantitative estimate of drug-likeness (QED) is 0.754. The van der Waals surface area contributed by atoms with Crippen molar-refractivity contribution in [2.24, 2.45) is 0 Å². The van der Waals surface area contributed by atoms with Gasteiger partial charge in [0.05, 0.1) is 5.01 Å². The first-order valence-corrected chi connectivity index (χ1v) is 5.76. The molecule has 2 N–H and O–H groups in total. The Labute approximate surface area is 92.8 Å². The zero-order valence-electron chi connectivity index (χ0n) is 8.66. The molecule has 2 aromatic heterocycles. The molecule has 0 radical (unpaired) electrons. The van der Waals surface area contributed by atoms with Crippen LogP contribution in [0.3, 0.4) is 0 Å². The Balaban J connectivity index is 1.67. The lowest BCUT2D eigenvalue weighted by Crippen LogP contribution is -2.16. The number of thiazole rings is 1. The summed E-state index contributed by atoms with van der Waals surface area (Å²) in [4.78, 5) is 5.56. The summed E-state index contributed by atoms with van der Waals surface area (Å²) in [6.07, 6.45) is 4.76. The molecule has 0 unspecified atom stereocenters. The molecule has 5 heteroatoms. The number of aryl methyl sites for hydroxylation is 1. The Kier molecular flexibility index (Phi) is 3.47. The van der Waals surface area contributed by atoms with Crippen molar-refractivity contribution in [2.75, 3.05) is 6.54 Å². The van der Waals surface area contributed by atoms with Crippen LogP contribution in [0.2, 0.25) is 0 Å². The van der Waals surface area contributed by atoms with Crippen LogP contribution in [0.1, 0.15) is 15.6 Å². The minimum atomic E-state index is 0.845. The lowest BCUT2D eigenvalue weighted by molar-refractivity contribution is 0.675. The zero-order chi connectivity index (χ0) is 10.5. The van der Waals surface area contributed by atoms with Crippen LogP contribution in [0.25, 0.3) is 0 Å². The molecule has 0 atom stereocenters. The zero-order valence-corrected chi connectivity index (χ0v) is 9.47. The standard InChI is InChI=1S/C10H14N4S/c1-8-12-7-10(15-8)3-4-11-6-9-2-5-13-14-9/h2,5,7,11H,3-4,6H2,1H3,(H,13,14). The highest BCUT2D eigenvalue weighted by atomic mass is 32.1. The molecule has 15 heavy (non-hydrogen) atoms. The molecule has 0 spiro atoms. The normalized spacial score (nSPS) is 10.7. The molecule has 0 aliphatic heterocycles. The molecule has 0 saturated heterocycles. The monoisotopic (exact) mass is 222 g/mol. The van der Waals surface area contributed by atoms with Crippen LogP contribution in [-0.2, 0) is 13.0 Å². The van der Waals surface area contributed by atoms with Crippen LogP contribution in [0.5, 0.6) is 0 Å². The summed E-state index contributed by atoms with van der Waals surface area (Å²) in [5.41, 5.74) is 1.12. The third kappa shape index (κ3) is 3.14. The summed E-state index contributed by atoms with van der Waals surface area (Å²) in [7, 11) is 0. The Hall–Kier alpha value is -1.20. The molecule has 2 heterocycles. The van der Waals surface area contributed by atoms with E-state index in [-0.39, 0.29) is 0 Å². The van der Waals surface area contributed by atoms with Gasteiger partial charge < -0.3 is 5.32 Å². The largest absolute Gasteiger partial charge is 0.311 e. The summed E-state index contributed by atoms with van der Waals surface area (Å²) >= 11 is 1.76. The molecule has 80 valence electrons. The smallest absolute Gasteiger partial charge is 0.0896 e. The second kappa shape index (κ2) is 5.04. The van der Waals surface area contributed by atoms with Crippen molar-refractivity contribution in [1.82, 2.24) is 20.5 Å². The molecule has 0 aliphatic rings. The summed E-state index contributed by atoms with van der Waals surface area (Å²) in [6.45, 7) is 3.85. The maximum Gasteiger partial charge on any atom is 0.0896 e. The van der Waals surface area contributed by atoms with E-state index in [1.807, 2.05) is 19.2 Å². The number of hydrogen-bond donors (Lipinski definition) is 2. The van der Waals surface area contributed by atoms with Gasteiger partial charge in [0.25, 0.3) is 0 Å². The molecule has 0 saturated carbocycles. The first-order valence-electron chi connectivity index (χ1n) is 4.95. The Morgan fingerprint density at radius 1 is 1.53 bits per heavy atom. The third-order valence-corrected chi connectivity index (χ3v) is 3.06. The molecule has 4 nitrogen and oxygen atoms in total. The minimum Gasteiger partial charge on any atom is -0.311 e. The molecule has 2 aromatic rings. The van der Waals surface area contributed by atoms with Gasteiger partial charge in [0.2, 0.25) is 0 Å². The highest BCUT2D eigenvalue weighted by Crippen LogP contribution is 2.11. The first kappa shape index (κ1) is 10.3. The van der Waals surface area contributed by atoms with Gasteiger partial charge in [-0.05, 0) is 19.4 Å². The average Bonchev–Trinajstić information content (AvgIpc) is 2.84. The molecule has 2 rings (SSSR count). The van der Waals surface area contributed by atoms with Gasteiger partial charge in [-0.1, -0.05) is 0 Å². The fourth-order valence-electron chi connectivity index (χ4n) is 1.34. The molecule has 0 aromatic carbocycles. The molecule has 0 amide bonds. The van der Waals surface area contributed by atoms with E-state index in [0.717, 1.165) is 30.2 Å². The number of aromatic amines is 1. The number of hydrogen-bond acceptors (Lipinski definition) is 4. The van der Waals surface area contributed by atoms with E-state index in [1.54, 1.807) is 17.5 Å². The molecular formula is C10H14N4S. The average molecular weight is 222 g/mol. The number of nitrogens with one attached hydrogen (secondary N) is 2. The lowest BCUT2D eigenvalue weighted by atomic mass is 10.3. The van der Waals surface area contributed by atoms with Crippen molar-refractivity contribution >= 4 is 11.3 Å². The number of rotatable bonds is 5. The molecule has 0 fully saturated rings. The summed E-state index contributed by atoms with van der Waals surface area (Å²) in [5.74, 6) is 0. The topological polar surface area (TPSA) is 53.6 Å². The van der Waals surface area contributed by atoms with Gasteiger partial charge >= 0.3 is 0 Å². The second-order valence-electron chi connectivity index (χ2n) is 3.35. The minimum absolute atomic E-state index is 0.845. The van der Waals surface area contributed by atoms with E-state index in [0.29, 0.717) is 0 Å². The fourth-order valence-corrected chi connectivity index (χ4v) is 2.13. The van der Waals surface area contributed by atoms with Crippen molar-refractivity contribution in [3.63, 3.8) is 0 Å². The molecular weight excluding hydrogens is 208 g/mol. The van der Waals surface area contributed by atoms with Crippen molar-refractivity contribution in [1.29, 1.82) is 0 Å². The van der Waals surface area contributed by atoms with E-state index < -0.39 is 0 Å². The maximum absolute atomic E-state index is 4.22. The van der Waals surface area contributed by atoms with E-state index >= 15 is 0 Å². The molecule has 0 bridgehead atoms. The third-order valence-electron chi connectivity index (χ3n) is 2.09. The SMILES string of the molecule is Cc1ncc(CCNCc2ccn[nH]2)s1. The van der Waals surface area contributed by atoms with Gasteiger partial charge in [0.15, 0.2) is 0 Å². The van der Waals surface area contributed by atoms with E-state index in [4.69, 9.17) is 0 Å². The van der Waals surface area contributed by atoms with Crippen molar-refractivity contribution in [2.45, 2.75) is 19.9 Å². The van der Waals surface area contributed by atoms with E-state index in [9.17, 15) is 0 Å². The highest BCUT2D eigenvalue weighted by molar-refractivity contribution is 7.11. The Morgan fingerprint density at radius 2 is 2.47 bits per heavy atom. The van der Waals surface area contributed by atoms with Gasteiger partial charge in [-0.3, -0.25) is 5.10 Å². The lowest BCUT2D eigenvalue weighted by Gasteiger charge is -2.00. The number of nitrogens with zero attached hydrogens (tertiary/aromatic N) is 2. The van der Waals surface area contributed by atoms with Gasteiger partial charge in [-0.15, -0.1) is 11.3 Å². The fraction of sp³-hybridized carbons (Fsp3) is 0.400. The molecule has 0 aliphatic carbocycles. The van der Waals surface area contributed by atoms with E-state index in [1.165, 1.54) is 4.88 Å². The summed E-state index contributed by atoms with van der Waals surface area (Å²) in [5, 5.41) is 11.3. The van der Waals surface area contributed by atoms with Gasteiger partial charge in [-0.2, -0.15) is 5.10 Å². The van der Waals surface area contributed by atoms with Crippen LogP contribution in [0, 0.1) is 6.92 Å². The predicted molar refractivity (Wildman–Crippen MR) is 60.8 cm³/mol. The van der Waals surface area contributed by atoms with Crippen LogP contribution >= 0.6 is 11.3 Å². The maximum atomic E-state index is 4.22. The predicted octanol–water partition coefficient (Wildman–Crippen LogP) is 1.51. The van der Waals surface area contributed by atoms with Crippen LogP contribution in [-0.4, -0.2) is 21.7 Å². The first-order chi connectivity index (χ1) is 7.34. The number of aromatic nitrogens is 3. The van der Waals surface area contributed by atoms with Gasteiger partial charge in [-0.25, -0.2) is 4.98 Å². The van der Waals surface area contributed by atoms with E-state index in [2.05, 4.69) is 20.5 Å². The van der Waals surface area contributed by atoms with Crippen molar-refractivity contribution < 1.29 is 0 Å². The summed E-state index contributed by atoms with van der Waals surface area (Å²) < 4.78 is 0. The number of H-pyrrole nitrogens is 1. The Bertz CT molecular complexity index is 393. The Morgan fingerprint density at radius 3 is 3.13 bits per heavy atom. The second-order valence-corrected chi connectivity index (χ2v) is 4.67. The van der Waals surface area contributed by atoms with Crippen LogP contribution < -0.4 is 5.32 Å². The summed E-state index contributed by atoms with van der Waals surface area (Å²) in [6, 6.07) is 1.98.